The van der Waals surface area contributed by atoms with E-state index < -0.39 is 5.60 Å². The van der Waals surface area contributed by atoms with Crippen LogP contribution >= 0.6 is 0 Å². The van der Waals surface area contributed by atoms with E-state index in [-0.39, 0.29) is 12.5 Å². The molecule has 0 aliphatic heterocycles. The molecule has 1 unspecified atom stereocenters. The quantitative estimate of drug-likeness (QED) is 0.779. The highest BCUT2D eigenvalue weighted by atomic mass is 16.3. The van der Waals surface area contributed by atoms with Gasteiger partial charge in [0, 0.05) is 12.1 Å². The minimum absolute atomic E-state index is 0.210. The monoisotopic (exact) mass is 273 g/mol. The van der Waals surface area contributed by atoms with Gasteiger partial charge in [-0.1, -0.05) is 37.3 Å². The first-order chi connectivity index (χ1) is 9.52. The van der Waals surface area contributed by atoms with Crippen molar-refractivity contribution < 1.29 is 9.90 Å². The summed E-state index contributed by atoms with van der Waals surface area (Å²) in [5.74, 6) is -0.270. The number of aromatic amines is 1. The zero-order chi connectivity index (χ0) is 14.6. The van der Waals surface area contributed by atoms with Crippen LogP contribution in [0.4, 0.5) is 0 Å². The van der Waals surface area contributed by atoms with Crippen LogP contribution in [-0.4, -0.2) is 33.4 Å². The van der Waals surface area contributed by atoms with Gasteiger partial charge in [-0.15, -0.1) is 0 Å². The lowest BCUT2D eigenvalue weighted by Gasteiger charge is -2.21. The van der Waals surface area contributed by atoms with E-state index in [1.54, 1.807) is 13.0 Å². The lowest BCUT2D eigenvalue weighted by molar-refractivity contribution is 0.0517. The molecule has 5 heteroatoms. The Kier molecular flexibility index (Phi) is 4.20. The second-order valence-electron chi connectivity index (χ2n) is 5.07. The number of amides is 1. The first kappa shape index (κ1) is 14.3. The maximum absolute atomic E-state index is 12.0. The van der Waals surface area contributed by atoms with E-state index in [2.05, 4.69) is 15.5 Å². The fraction of sp³-hybridized carbons (Fsp3) is 0.333. The molecule has 0 fully saturated rings. The van der Waals surface area contributed by atoms with Gasteiger partial charge >= 0.3 is 0 Å². The molecule has 2 rings (SSSR count). The molecule has 0 radical (unpaired) electrons. The number of carbonyl (C=O) groups is 1. The number of nitrogens with one attached hydrogen (secondary N) is 2. The molecule has 0 aliphatic rings. The van der Waals surface area contributed by atoms with Crippen LogP contribution < -0.4 is 5.32 Å². The van der Waals surface area contributed by atoms with Gasteiger partial charge in [0.25, 0.3) is 5.91 Å². The van der Waals surface area contributed by atoms with Crippen molar-refractivity contribution in [3.8, 4) is 11.3 Å². The molecular weight excluding hydrogens is 254 g/mol. The fourth-order valence-electron chi connectivity index (χ4n) is 1.69. The van der Waals surface area contributed by atoms with E-state index in [1.807, 2.05) is 37.3 Å². The van der Waals surface area contributed by atoms with Gasteiger partial charge in [-0.25, -0.2) is 0 Å². The summed E-state index contributed by atoms with van der Waals surface area (Å²) in [4.78, 5) is 12.0. The number of H-pyrrole nitrogens is 1. The molecule has 1 aromatic heterocycles. The first-order valence-electron chi connectivity index (χ1n) is 6.63. The zero-order valence-corrected chi connectivity index (χ0v) is 11.7. The number of hydrogen-bond donors (Lipinski definition) is 3. The van der Waals surface area contributed by atoms with Crippen LogP contribution in [0.25, 0.3) is 11.3 Å². The third-order valence-electron chi connectivity index (χ3n) is 3.28. The summed E-state index contributed by atoms with van der Waals surface area (Å²) in [6, 6.07) is 11.3. The third kappa shape index (κ3) is 3.45. The Morgan fingerprint density at radius 2 is 2.10 bits per heavy atom. The molecule has 2 aromatic rings. The van der Waals surface area contributed by atoms with E-state index in [0.717, 1.165) is 11.3 Å². The van der Waals surface area contributed by atoms with Crippen LogP contribution in [0.2, 0.25) is 0 Å². The second kappa shape index (κ2) is 5.88. The van der Waals surface area contributed by atoms with Crippen LogP contribution in [0.3, 0.4) is 0 Å². The predicted octanol–water partition coefficient (Wildman–Crippen LogP) is 1.97. The fourth-order valence-corrected chi connectivity index (χ4v) is 1.69. The van der Waals surface area contributed by atoms with Gasteiger partial charge in [-0.3, -0.25) is 9.89 Å². The second-order valence-corrected chi connectivity index (χ2v) is 5.07. The molecule has 1 heterocycles. The largest absolute Gasteiger partial charge is 0.388 e. The number of benzene rings is 1. The van der Waals surface area contributed by atoms with Crippen molar-refractivity contribution in [1.29, 1.82) is 0 Å². The summed E-state index contributed by atoms with van der Waals surface area (Å²) >= 11 is 0. The van der Waals surface area contributed by atoms with Crippen molar-refractivity contribution in [1.82, 2.24) is 15.5 Å². The molecule has 0 saturated heterocycles. The maximum Gasteiger partial charge on any atom is 0.269 e. The molecule has 106 valence electrons. The average Bonchev–Trinajstić information content (AvgIpc) is 2.96. The van der Waals surface area contributed by atoms with Crippen LogP contribution in [0.15, 0.2) is 36.4 Å². The van der Waals surface area contributed by atoms with E-state index >= 15 is 0 Å². The summed E-state index contributed by atoms with van der Waals surface area (Å²) in [5.41, 5.74) is 1.16. The van der Waals surface area contributed by atoms with Crippen molar-refractivity contribution in [2.45, 2.75) is 25.9 Å². The molecule has 3 N–H and O–H groups in total. The van der Waals surface area contributed by atoms with E-state index in [1.165, 1.54) is 0 Å². The molecule has 0 saturated carbocycles. The molecule has 0 spiro atoms. The van der Waals surface area contributed by atoms with Crippen LogP contribution in [0.1, 0.15) is 30.8 Å². The highest BCUT2D eigenvalue weighted by Gasteiger charge is 2.19. The minimum Gasteiger partial charge on any atom is -0.388 e. The summed E-state index contributed by atoms with van der Waals surface area (Å²) < 4.78 is 0. The number of aliphatic hydroxyl groups is 1. The lowest BCUT2D eigenvalue weighted by atomic mass is 10.0. The molecular formula is C15H19N3O2. The standard InChI is InChI=1S/C15H19N3O2/c1-3-15(2,20)10-16-14(19)13-9-12(17-18-13)11-7-5-4-6-8-11/h4-9,20H,3,10H2,1-2H3,(H,16,19)(H,17,18). The van der Waals surface area contributed by atoms with Crippen molar-refractivity contribution in [3.63, 3.8) is 0 Å². The maximum atomic E-state index is 12.0. The van der Waals surface area contributed by atoms with Crippen molar-refractivity contribution >= 4 is 5.91 Å². The lowest BCUT2D eigenvalue weighted by Crippen LogP contribution is -2.40. The van der Waals surface area contributed by atoms with E-state index in [0.29, 0.717) is 12.1 Å². The molecule has 20 heavy (non-hydrogen) atoms. The van der Waals surface area contributed by atoms with Gasteiger partial charge in [0.15, 0.2) is 0 Å². The Morgan fingerprint density at radius 3 is 2.75 bits per heavy atom. The number of nitrogens with zero attached hydrogens (tertiary/aromatic N) is 1. The highest BCUT2D eigenvalue weighted by Crippen LogP contribution is 2.16. The Labute approximate surface area is 118 Å². The number of hydrogen-bond acceptors (Lipinski definition) is 3. The van der Waals surface area contributed by atoms with Crippen LogP contribution in [-0.2, 0) is 0 Å². The normalized spacial score (nSPS) is 13.8. The van der Waals surface area contributed by atoms with Gasteiger partial charge in [-0.05, 0) is 19.4 Å². The number of carbonyl (C=O) groups excluding carboxylic acids is 1. The zero-order valence-electron chi connectivity index (χ0n) is 11.7. The summed E-state index contributed by atoms with van der Waals surface area (Å²) in [7, 11) is 0. The summed E-state index contributed by atoms with van der Waals surface area (Å²) in [6.45, 7) is 3.77. The molecule has 1 atom stereocenters. The van der Waals surface area contributed by atoms with Gasteiger partial charge in [0.1, 0.15) is 5.69 Å². The number of rotatable bonds is 5. The van der Waals surface area contributed by atoms with Gasteiger partial charge in [0.2, 0.25) is 0 Å². The Bertz CT molecular complexity index is 576. The number of aromatic nitrogens is 2. The smallest absolute Gasteiger partial charge is 0.269 e. The minimum atomic E-state index is -0.891. The van der Waals surface area contributed by atoms with E-state index in [9.17, 15) is 9.90 Å². The average molecular weight is 273 g/mol. The van der Waals surface area contributed by atoms with Crippen molar-refractivity contribution in [2.75, 3.05) is 6.54 Å². The SMILES string of the molecule is CCC(C)(O)CNC(=O)c1cc(-c2ccccc2)n[nH]1. The molecule has 1 amide bonds. The van der Waals surface area contributed by atoms with Crippen molar-refractivity contribution in [2.24, 2.45) is 0 Å². The molecule has 0 aliphatic carbocycles. The summed E-state index contributed by atoms with van der Waals surface area (Å²) in [5, 5.41) is 19.4. The Hall–Kier alpha value is -2.14. The molecule has 5 nitrogen and oxygen atoms in total. The molecule has 0 bridgehead atoms. The Morgan fingerprint density at radius 1 is 1.40 bits per heavy atom. The third-order valence-corrected chi connectivity index (χ3v) is 3.28. The first-order valence-corrected chi connectivity index (χ1v) is 6.63. The van der Waals surface area contributed by atoms with Crippen LogP contribution in [0.5, 0.6) is 0 Å². The molecule has 1 aromatic carbocycles. The Balaban J connectivity index is 2.04. The van der Waals surface area contributed by atoms with Crippen LogP contribution in [0, 0.1) is 0 Å². The van der Waals surface area contributed by atoms with Crippen molar-refractivity contribution in [3.05, 3.63) is 42.1 Å². The topological polar surface area (TPSA) is 78.0 Å². The van der Waals surface area contributed by atoms with Gasteiger partial charge in [0.05, 0.1) is 11.3 Å². The van der Waals surface area contributed by atoms with Gasteiger partial charge in [-0.2, -0.15) is 5.10 Å². The van der Waals surface area contributed by atoms with Gasteiger partial charge < -0.3 is 10.4 Å². The van der Waals surface area contributed by atoms with E-state index in [4.69, 9.17) is 0 Å². The summed E-state index contributed by atoms with van der Waals surface area (Å²) in [6.07, 6.45) is 0.575. The highest BCUT2D eigenvalue weighted by molar-refractivity contribution is 5.93. The predicted molar refractivity (Wildman–Crippen MR) is 77.3 cm³/mol.